The van der Waals surface area contributed by atoms with Crippen LogP contribution >= 0.6 is 24.0 Å². The van der Waals surface area contributed by atoms with Crippen molar-refractivity contribution < 1.29 is 9.26 Å². The molecule has 0 saturated heterocycles. The van der Waals surface area contributed by atoms with E-state index < -0.39 is 0 Å². The molecule has 0 saturated carbocycles. The highest BCUT2D eigenvalue weighted by Gasteiger charge is 1.99. The second-order valence-electron chi connectivity index (χ2n) is 4.43. The molecule has 0 spiro atoms. The molecule has 1 aromatic heterocycles. The lowest BCUT2D eigenvalue weighted by atomic mass is 10.4. The first-order valence-corrected chi connectivity index (χ1v) is 7.36. The van der Waals surface area contributed by atoms with Crippen LogP contribution in [0.4, 0.5) is 0 Å². The fourth-order valence-electron chi connectivity index (χ4n) is 1.55. The second-order valence-corrected chi connectivity index (χ2v) is 4.43. The zero-order valence-corrected chi connectivity index (χ0v) is 15.3. The Morgan fingerprint density at radius 2 is 2.10 bits per heavy atom. The van der Waals surface area contributed by atoms with Gasteiger partial charge in [-0.25, -0.2) is 4.99 Å². The molecule has 7 heteroatoms. The van der Waals surface area contributed by atoms with Gasteiger partial charge in [0, 0.05) is 32.4 Å². The maximum atomic E-state index is 5.51. The molecule has 1 aromatic rings. The van der Waals surface area contributed by atoms with Crippen LogP contribution in [0.2, 0.25) is 0 Å². The first kappa shape index (κ1) is 20.2. The van der Waals surface area contributed by atoms with E-state index in [1.54, 1.807) is 6.26 Å². The van der Waals surface area contributed by atoms with E-state index in [0.717, 1.165) is 50.8 Å². The quantitative estimate of drug-likeness (QED) is 0.269. The molecule has 0 aliphatic rings. The molecule has 0 radical (unpaired) electrons. The number of guanidine groups is 1. The van der Waals surface area contributed by atoms with Gasteiger partial charge in [-0.1, -0.05) is 18.5 Å². The molecule has 0 atom stereocenters. The van der Waals surface area contributed by atoms with E-state index in [2.05, 4.69) is 27.7 Å². The van der Waals surface area contributed by atoms with Gasteiger partial charge in [-0.05, 0) is 19.8 Å². The third-order valence-corrected chi connectivity index (χ3v) is 2.63. The highest BCUT2D eigenvalue weighted by atomic mass is 127. The molecule has 0 bridgehead atoms. The third kappa shape index (κ3) is 10.5. The predicted octanol–water partition coefficient (Wildman–Crippen LogP) is 2.55. The second kappa shape index (κ2) is 14.1. The maximum Gasteiger partial charge on any atom is 0.191 e. The molecule has 0 aliphatic heterocycles. The SMILES string of the molecule is CCCCOCCCNC(=NCc1ccon1)NCC.I. The maximum absolute atomic E-state index is 5.51. The standard InChI is InChI=1S/C14H26N4O2.HI/c1-3-5-9-19-10-6-8-16-14(15-4-2)17-12-13-7-11-20-18-13;/h7,11H,3-6,8-10,12H2,1-2H3,(H2,15,16,17);1H. The number of unbranched alkanes of at least 4 members (excludes halogenated alkanes) is 1. The molecule has 6 nitrogen and oxygen atoms in total. The summed E-state index contributed by atoms with van der Waals surface area (Å²) < 4.78 is 10.3. The van der Waals surface area contributed by atoms with Crippen molar-refractivity contribution in [3.05, 3.63) is 18.0 Å². The van der Waals surface area contributed by atoms with Crippen molar-refractivity contribution >= 4 is 29.9 Å². The lowest BCUT2D eigenvalue weighted by Crippen LogP contribution is -2.38. The van der Waals surface area contributed by atoms with Crippen LogP contribution in [0, 0.1) is 0 Å². The largest absolute Gasteiger partial charge is 0.381 e. The van der Waals surface area contributed by atoms with Gasteiger partial charge in [0.1, 0.15) is 12.0 Å². The van der Waals surface area contributed by atoms with E-state index in [0.29, 0.717) is 6.54 Å². The van der Waals surface area contributed by atoms with Crippen LogP contribution in [0.25, 0.3) is 0 Å². The van der Waals surface area contributed by atoms with E-state index in [4.69, 9.17) is 9.26 Å². The Bertz CT molecular complexity index is 358. The van der Waals surface area contributed by atoms with Gasteiger partial charge in [0.2, 0.25) is 0 Å². The molecule has 122 valence electrons. The molecule has 0 unspecified atom stereocenters. The summed E-state index contributed by atoms with van der Waals surface area (Å²) in [7, 11) is 0. The van der Waals surface area contributed by atoms with Crippen molar-refractivity contribution in [2.24, 2.45) is 4.99 Å². The number of nitrogens with one attached hydrogen (secondary N) is 2. The number of ether oxygens (including phenoxy) is 1. The first-order chi connectivity index (χ1) is 9.86. The van der Waals surface area contributed by atoms with Crippen LogP contribution in [0.1, 0.15) is 38.8 Å². The number of halogens is 1. The van der Waals surface area contributed by atoms with Crippen LogP contribution < -0.4 is 10.6 Å². The number of nitrogens with zero attached hydrogens (tertiary/aromatic N) is 2. The summed E-state index contributed by atoms with van der Waals surface area (Å²) >= 11 is 0. The lowest BCUT2D eigenvalue weighted by Gasteiger charge is -2.11. The summed E-state index contributed by atoms with van der Waals surface area (Å²) in [5, 5.41) is 10.3. The van der Waals surface area contributed by atoms with Gasteiger partial charge in [0.25, 0.3) is 0 Å². The molecular formula is C14H27IN4O2. The number of rotatable bonds is 10. The zero-order valence-electron chi connectivity index (χ0n) is 12.9. The van der Waals surface area contributed by atoms with Crippen LogP contribution in [0.15, 0.2) is 21.8 Å². The third-order valence-electron chi connectivity index (χ3n) is 2.63. The number of hydrogen-bond donors (Lipinski definition) is 2. The summed E-state index contributed by atoms with van der Waals surface area (Å²) in [4.78, 5) is 4.43. The fraction of sp³-hybridized carbons (Fsp3) is 0.714. The van der Waals surface area contributed by atoms with Gasteiger partial charge >= 0.3 is 0 Å². The molecule has 21 heavy (non-hydrogen) atoms. The normalized spacial score (nSPS) is 11.0. The minimum absolute atomic E-state index is 0. The van der Waals surface area contributed by atoms with Crippen LogP contribution in [0.5, 0.6) is 0 Å². The zero-order chi connectivity index (χ0) is 14.5. The lowest BCUT2D eigenvalue weighted by molar-refractivity contribution is 0.129. The van der Waals surface area contributed by atoms with E-state index in [1.807, 2.05) is 13.0 Å². The molecule has 2 N–H and O–H groups in total. The van der Waals surface area contributed by atoms with Gasteiger partial charge in [-0.2, -0.15) is 0 Å². The van der Waals surface area contributed by atoms with Crippen LogP contribution in [0.3, 0.4) is 0 Å². The van der Waals surface area contributed by atoms with Crippen LogP contribution in [-0.2, 0) is 11.3 Å². The average molecular weight is 410 g/mol. The number of aliphatic imine (C=N–C) groups is 1. The summed E-state index contributed by atoms with van der Waals surface area (Å²) in [5.74, 6) is 0.795. The van der Waals surface area contributed by atoms with Crippen molar-refractivity contribution in [1.29, 1.82) is 0 Å². The highest BCUT2D eigenvalue weighted by Crippen LogP contribution is 1.96. The molecule has 1 rings (SSSR count). The van der Waals surface area contributed by atoms with Crippen molar-refractivity contribution in [2.45, 2.75) is 39.7 Å². The van der Waals surface area contributed by atoms with Gasteiger partial charge in [-0.3, -0.25) is 0 Å². The fourth-order valence-corrected chi connectivity index (χ4v) is 1.55. The highest BCUT2D eigenvalue weighted by molar-refractivity contribution is 14.0. The topological polar surface area (TPSA) is 71.7 Å². The van der Waals surface area contributed by atoms with Gasteiger partial charge < -0.3 is 19.9 Å². The molecule has 0 amide bonds. The monoisotopic (exact) mass is 410 g/mol. The van der Waals surface area contributed by atoms with E-state index in [-0.39, 0.29) is 24.0 Å². The smallest absolute Gasteiger partial charge is 0.191 e. The van der Waals surface area contributed by atoms with Gasteiger partial charge in [0.05, 0.1) is 6.54 Å². The summed E-state index contributed by atoms with van der Waals surface area (Å²) in [6.45, 7) is 8.04. The van der Waals surface area contributed by atoms with E-state index >= 15 is 0 Å². The Balaban J connectivity index is 0.00000400. The molecule has 0 aromatic carbocycles. The number of aromatic nitrogens is 1. The van der Waals surface area contributed by atoms with Crippen LogP contribution in [-0.4, -0.2) is 37.4 Å². The van der Waals surface area contributed by atoms with Gasteiger partial charge in [-0.15, -0.1) is 24.0 Å². The molecule has 0 fully saturated rings. The molecular weight excluding hydrogens is 383 g/mol. The Labute approximate surface area is 144 Å². The summed E-state index contributed by atoms with van der Waals surface area (Å²) in [6.07, 6.45) is 4.84. The van der Waals surface area contributed by atoms with Gasteiger partial charge in [0.15, 0.2) is 5.96 Å². The Morgan fingerprint density at radius 1 is 1.29 bits per heavy atom. The average Bonchev–Trinajstić information content (AvgIpc) is 2.97. The Hall–Kier alpha value is -0.830. The van der Waals surface area contributed by atoms with Crippen molar-refractivity contribution in [3.63, 3.8) is 0 Å². The Morgan fingerprint density at radius 3 is 2.76 bits per heavy atom. The first-order valence-electron chi connectivity index (χ1n) is 7.36. The number of hydrogen-bond acceptors (Lipinski definition) is 4. The van der Waals surface area contributed by atoms with E-state index in [1.165, 1.54) is 6.42 Å². The minimum atomic E-state index is 0. The minimum Gasteiger partial charge on any atom is -0.381 e. The van der Waals surface area contributed by atoms with Crippen molar-refractivity contribution in [1.82, 2.24) is 15.8 Å². The summed E-state index contributed by atoms with van der Waals surface area (Å²) in [6, 6.07) is 1.81. The summed E-state index contributed by atoms with van der Waals surface area (Å²) in [5.41, 5.74) is 0.824. The van der Waals surface area contributed by atoms with E-state index in [9.17, 15) is 0 Å². The predicted molar refractivity (Wildman–Crippen MR) is 95.1 cm³/mol. The Kier molecular flexibility index (Phi) is 13.6. The van der Waals surface area contributed by atoms with Crippen molar-refractivity contribution in [2.75, 3.05) is 26.3 Å². The van der Waals surface area contributed by atoms with Crippen molar-refractivity contribution in [3.8, 4) is 0 Å². The molecule has 1 heterocycles. The molecule has 0 aliphatic carbocycles.